The molecule has 19 heavy (non-hydrogen) atoms. The molecule has 0 aromatic carbocycles. The number of pyridine rings is 1. The highest BCUT2D eigenvalue weighted by Crippen LogP contribution is 2.14. The first kappa shape index (κ1) is 15.5. The van der Waals surface area contributed by atoms with Crippen molar-refractivity contribution in [3.05, 3.63) is 28.5 Å². The first-order chi connectivity index (χ1) is 9.01. The van der Waals surface area contributed by atoms with Crippen LogP contribution in [0.1, 0.15) is 36.8 Å². The summed E-state index contributed by atoms with van der Waals surface area (Å²) in [6.45, 7) is 6.64. The summed E-state index contributed by atoms with van der Waals surface area (Å²) in [4.78, 5) is 18.2. The molecule has 1 heterocycles. The minimum atomic E-state index is -0.188. The fourth-order valence-electron chi connectivity index (χ4n) is 1.77. The summed E-state index contributed by atoms with van der Waals surface area (Å²) < 4.78 is 0. The molecule has 1 aromatic heterocycles. The number of hydrogen-bond donors (Lipinski definition) is 0. The molecule has 0 radical (unpaired) electrons. The van der Waals surface area contributed by atoms with E-state index in [-0.39, 0.29) is 11.8 Å². The number of amides is 1. The molecule has 0 saturated carbocycles. The van der Waals surface area contributed by atoms with Gasteiger partial charge < -0.3 is 4.90 Å². The van der Waals surface area contributed by atoms with Gasteiger partial charge in [0.25, 0.3) is 5.91 Å². The fraction of sp³-hybridized carbons (Fsp3) is 0.500. The van der Waals surface area contributed by atoms with E-state index < -0.39 is 0 Å². The van der Waals surface area contributed by atoms with Gasteiger partial charge in [-0.2, -0.15) is 5.26 Å². The second kappa shape index (κ2) is 7.10. The minimum absolute atomic E-state index is 0.108. The Hall–Kier alpha value is -1.60. The Bertz CT molecular complexity index is 496. The molecular weight excluding hydrogens is 262 g/mol. The number of halogens is 1. The van der Waals surface area contributed by atoms with E-state index in [4.69, 9.17) is 16.9 Å². The Morgan fingerprint density at radius 1 is 1.53 bits per heavy atom. The van der Waals surface area contributed by atoms with Crippen LogP contribution >= 0.6 is 11.6 Å². The van der Waals surface area contributed by atoms with Crippen molar-refractivity contribution in [3.8, 4) is 6.07 Å². The van der Waals surface area contributed by atoms with Crippen molar-refractivity contribution in [2.45, 2.75) is 27.2 Å². The van der Waals surface area contributed by atoms with Crippen molar-refractivity contribution in [2.75, 3.05) is 13.1 Å². The van der Waals surface area contributed by atoms with E-state index in [1.165, 1.54) is 0 Å². The number of carbonyl (C=O) groups excluding carboxylic acids is 1. The first-order valence-corrected chi connectivity index (χ1v) is 6.74. The maximum absolute atomic E-state index is 12.4. The Labute approximate surface area is 119 Å². The lowest BCUT2D eigenvalue weighted by molar-refractivity contribution is 0.0752. The van der Waals surface area contributed by atoms with Crippen LogP contribution in [-0.4, -0.2) is 28.9 Å². The van der Waals surface area contributed by atoms with Crippen LogP contribution in [0.2, 0.25) is 5.15 Å². The maximum Gasteiger partial charge on any atom is 0.254 e. The summed E-state index contributed by atoms with van der Waals surface area (Å²) in [6.07, 6.45) is 0.724. The van der Waals surface area contributed by atoms with E-state index in [0.717, 1.165) is 12.1 Å². The zero-order valence-electron chi connectivity index (χ0n) is 11.5. The summed E-state index contributed by atoms with van der Waals surface area (Å²) in [5.41, 5.74) is 1.32. The Kier molecular flexibility index (Phi) is 5.78. The van der Waals surface area contributed by atoms with Gasteiger partial charge in [0.1, 0.15) is 5.15 Å². The third kappa shape index (κ3) is 4.22. The summed E-state index contributed by atoms with van der Waals surface area (Å²) in [5.74, 6) is -0.296. The van der Waals surface area contributed by atoms with Crippen LogP contribution in [-0.2, 0) is 6.42 Å². The van der Waals surface area contributed by atoms with Crippen molar-refractivity contribution in [2.24, 2.45) is 5.92 Å². The van der Waals surface area contributed by atoms with E-state index in [9.17, 15) is 4.79 Å². The first-order valence-electron chi connectivity index (χ1n) is 6.37. The zero-order valence-corrected chi connectivity index (χ0v) is 12.2. The topological polar surface area (TPSA) is 57.0 Å². The van der Waals surface area contributed by atoms with Gasteiger partial charge in [0.2, 0.25) is 0 Å². The fourth-order valence-corrected chi connectivity index (χ4v) is 1.99. The molecule has 1 unspecified atom stereocenters. The predicted molar refractivity (Wildman–Crippen MR) is 75.0 cm³/mol. The molecule has 1 aromatic rings. The lowest BCUT2D eigenvalue weighted by atomic mass is 10.1. The maximum atomic E-state index is 12.4. The Balaban J connectivity index is 2.97. The monoisotopic (exact) mass is 279 g/mol. The summed E-state index contributed by atoms with van der Waals surface area (Å²) >= 11 is 5.92. The SMILES string of the molecule is CCc1cc(C(=O)N(CC)CC(C)C#N)cc(Cl)n1. The third-order valence-corrected chi connectivity index (χ3v) is 3.03. The predicted octanol–water partition coefficient (Wildman–Crippen LogP) is 2.92. The van der Waals surface area contributed by atoms with Gasteiger partial charge in [-0.3, -0.25) is 4.79 Å². The Morgan fingerprint density at radius 3 is 2.74 bits per heavy atom. The molecule has 0 saturated heterocycles. The van der Waals surface area contributed by atoms with Crippen LogP contribution in [0.25, 0.3) is 0 Å². The largest absolute Gasteiger partial charge is 0.338 e. The highest BCUT2D eigenvalue weighted by Gasteiger charge is 2.17. The molecule has 0 fully saturated rings. The molecule has 1 atom stereocenters. The van der Waals surface area contributed by atoms with Crippen LogP contribution in [0.5, 0.6) is 0 Å². The lowest BCUT2D eigenvalue weighted by Crippen LogP contribution is -2.34. The van der Waals surface area contributed by atoms with Crippen molar-refractivity contribution < 1.29 is 4.79 Å². The van der Waals surface area contributed by atoms with Crippen LogP contribution in [0.15, 0.2) is 12.1 Å². The molecule has 0 aliphatic rings. The quantitative estimate of drug-likeness (QED) is 0.779. The van der Waals surface area contributed by atoms with Crippen molar-refractivity contribution in [1.82, 2.24) is 9.88 Å². The number of nitriles is 1. The molecule has 102 valence electrons. The molecule has 0 N–H and O–H groups in total. The van der Waals surface area contributed by atoms with Crippen molar-refractivity contribution in [3.63, 3.8) is 0 Å². The van der Waals surface area contributed by atoms with Crippen LogP contribution in [0.4, 0.5) is 0 Å². The van der Waals surface area contributed by atoms with Gasteiger partial charge in [-0.15, -0.1) is 0 Å². The average Bonchev–Trinajstić information content (AvgIpc) is 2.42. The van der Waals surface area contributed by atoms with Crippen LogP contribution < -0.4 is 0 Å². The summed E-state index contributed by atoms with van der Waals surface area (Å²) in [5, 5.41) is 9.16. The van der Waals surface area contributed by atoms with Crippen LogP contribution in [0.3, 0.4) is 0 Å². The van der Waals surface area contributed by atoms with Gasteiger partial charge >= 0.3 is 0 Å². The summed E-state index contributed by atoms with van der Waals surface area (Å²) in [6, 6.07) is 5.47. The summed E-state index contributed by atoms with van der Waals surface area (Å²) in [7, 11) is 0. The van der Waals surface area contributed by atoms with E-state index in [1.807, 2.05) is 13.8 Å². The number of aromatic nitrogens is 1. The van der Waals surface area contributed by atoms with Gasteiger partial charge in [0.05, 0.1) is 12.0 Å². The minimum Gasteiger partial charge on any atom is -0.338 e. The average molecular weight is 280 g/mol. The third-order valence-electron chi connectivity index (χ3n) is 2.84. The number of carbonyl (C=O) groups is 1. The number of nitrogens with zero attached hydrogens (tertiary/aromatic N) is 3. The molecule has 0 spiro atoms. The smallest absolute Gasteiger partial charge is 0.254 e. The van der Waals surface area contributed by atoms with Gasteiger partial charge in [-0.1, -0.05) is 18.5 Å². The molecule has 1 rings (SSSR count). The number of aryl methyl sites for hydroxylation is 1. The number of rotatable bonds is 5. The van der Waals surface area contributed by atoms with E-state index >= 15 is 0 Å². The normalized spacial score (nSPS) is 11.7. The molecule has 1 amide bonds. The lowest BCUT2D eigenvalue weighted by Gasteiger charge is -2.22. The van der Waals surface area contributed by atoms with Gasteiger partial charge in [-0.05, 0) is 32.4 Å². The van der Waals surface area contributed by atoms with Gasteiger partial charge in [0, 0.05) is 24.3 Å². The van der Waals surface area contributed by atoms with Crippen molar-refractivity contribution >= 4 is 17.5 Å². The molecule has 5 heteroatoms. The molecule has 0 bridgehead atoms. The highest BCUT2D eigenvalue weighted by molar-refractivity contribution is 6.29. The van der Waals surface area contributed by atoms with Gasteiger partial charge in [-0.25, -0.2) is 4.98 Å². The number of hydrogen-bond acceptors (Lipinski definition) is 3. The molecule has 0 aliphatic heterocycles. The second-order valence-corrected chi connectivity index (χ2v) is 4.78. The van der Waals surface area contributed by atoms with Gasteiger partial charge in [0.15, 0.2) is 0 Å². The molecule has 4 nitrogen and oxygen atoms in total. The van der Waals surface area contributed by atoms with Crippen LogP contribution in [0, 0.1) is 17.2 Å². The standard InChI is InChI=1S/C14H18ClN3O/c1-4-12-6-11(7-13(15)17-12)14(19)18(5-2)9-10(3)8-16/h6-7,10H,4-5,9H2,1-3H3. The van der Waals surface area contributed by atoms with E-state index in [2.05, 4.69) is 11.1 Å². The van der Waals surface area contributed by atoms with E-state index in [1.54, 1.807) is 24.0 Å². The van der Waals surface area contributed by atoms with E-state index in [0.29, 0.717) is 23.8 Å². The molecule has 0 aliphatic carbocycles. The highest BCUT2D eigenvalue weighted by atomic mass is 35.5. The second-order valence-electron chi connectivity index (χ2n) is 4.40. The van der Waals surface area contributed by atoms with Crippen molar-refractivity contribution in [1.29, 1.82) is 5.26 Å². The zero-order chi connectivity index (χ0) is 14.4. The Morgan fingerprint density at radius 2 is 2.21 bits per heavy atom. The molecular formula is C14H18ClN3O.